The highest BCUT2D eigenvalue weighted by molar-refractivity contribution is 7.47. The van der Waals surface area contributed by atoms with Crippen LogP contribution in [-0.2, 0) is 42.2 Å². The number of carbonyl (C=O) groups is 3. The van der Waals surface area contributed by atoms with Crippen molar-refractivity contribution in [3.63, 3.8) is 0 Å². The minimum absolute atomic E-state index is 0.126. The van der Waals surface area contributed by atoms with Crippen molar-refractivity contribution in [3.8, 4) is 0 Å². The quantitative estimate of drug-likeness (QED) is 0.0197. The predicted molar refractivity (Wildman–Crippen MR) is 316 cm³/mol. The smallest absolute Gasteiger partial charge is 0.462 e. The monoisotopic (exact) mass is 1090 g/mol. The molecule has 0 amide bonds. The molecule has 0 fully saturated rings. The average molecular weight is 1090 g/mol. The van der Waals surface area contributed by atoms with E-state index in [9.17, 15) is 28.9 Å². The first kappa shape index (κ1) is 72.9. The Balaban J connectivity index is 4.73. The van der Waals surface area contributed by atoms with Gasteiger partial charge in [-0.05, 0) is 89.9 Å². The minimum atomic E-state index is -4.76. The number of aliphatic hydroxyl groups is 1. The lowest BCUT2D eigenvalue weighted by Gasteiger charge is -2.21. The summed E-state index contributed by atoms with van der Waals surface area (Å²) in [5.74, 6) is -1.50. The Morgan fingerprint density at radius 2 is 0.684 bits per heavy atom. The van der Waals surface area contributed by atoms with E-state index in [0.717, 1.165) is 109 Å². The van der Waals surface area contributed by atoms with Crippen LogP contribution in [-0.4, -0.2) is 66.5 Å². The number of allylic oxidation sites excluding steroid dienone is 12. The van der Waals surface area contributed by atoms with Crippen LogP contribution in [0.25, 0.3) is 0 Å². The van der Waals surface area contributed by atoms with Crippen LogP contribution in [0.1, 0.15) is 278 Å². The van der Waals surface area contributed by atoms with Gasteiger partial charge in [-0.15, -0.1) is 0 Å². The summed E-state index contributed by atoms with van der Waals surface area (Å²) in [6, 6.07) is 0. The second-order valence-electron chi connectivity index (χ2n) is 20.5. The number of hydrogen-bond acceptors (Lipinski definition) is 10. The van der Waals surface area contributed by atoms with E-state index in [0.29, 0.717) is 19.3 Å². The molecule has 0 spiro atoms. The summed E-state index contributed by atoms with van der Waals surface area (Å²) in [6.07, 6.45) is 65.7. The van der Waals surface area contributed by atoms with Crippen LogP contribution in [0, 0.1) is 0 Å². The van der Waals surface area contributed by atoms with Gasteiger partial charge in [0.2, 0.25) is 0 Å². The molecule has 0 heterocycles. The van der Waals surface area contributed by atoms with Crippen molar-refractivity contribution in [1.29, 1.82) is 0 Å². The number of hydrogen-bond donors (Lipinski definition) is 2. The van der Waals surface area contributed by atoms with Crippen LogP contribution >= 0.6 is 7.82 Å². The third-order valence-electron chi connectivity index (χ3n) is 13.1. The number of unbranched alkanes of at least 4 members (excludes halogenated alkanes) is 28. The normalized spacial score (nSPS) is 13.8. The highest BCUT2D eigenvalue weighted by Crippen LogP contribution is 2.43. The van der Waals surface area contributed by atoms with E-state index in [4.69, 9.17) is 23.3 Å². The number of phosphoric ester groups is 1. The molecule has 0 saturated heterocycles. The maximum atomic E-state index is 12.9. The highest BCUT2D eigenvalue weighted by atomic mass is 31.2. The van der Waals surface area contributed by atoms with E-state index in [1.807, 2.05) is 0 Å². The average Bonchev–Trinajstić information content (AvgIpc) is 3.41. The fourth-order valence-corrected chi connectivity index (χ4v) is 9.22. The van der Waals surface area contributed by atoms with Gasteiger partial charge in [0.1, 0.15) is 12.7 Å². The summed E-state index contributed by atoms with van der Waals surface area (Å²) in [4.78, 5) is 48.6. The van der Waals surface area contributed by atoms with Gasteiger partial charge in [-0.2, -0.15) is 0 Å². The summed E-state index contributed by atoms with van der Waals surface area (Å²) in [5.41, 5.74) is 0. The molecule has 0 rings (SSSR count). The molecular weight excluding hydrogens is 976 g/mol. The molecule has 0 bridgehead atoms. The Hall–Kier alpha value is -3.08. The number of esters is 3. The zero-order valence-electron chi connectivity index (χ0n) is 48.7. The van der Waals surface area contributed by atoms with Crippen LogP contribution in [0.2, 0.25) is 0 Å². The van der Waals surface area contributed by atoms with Gasteiger partial charge in [-0.1, -0.05) is 241 Å². The van der Waals surface area contributed by atoms with E-state index in [-0.39, 0.29) is 25.9 Å². The molecule has 12 heteroatoms. The lowest BCUT2D eigenvalue weighted by molar-refractivity contribution is -0.161. The van der Waals surface area contributed by atoms with Gasteiger partial charge >= 0.3 is 25.7 Å². The van der Waals surface area contributed by atoms with Gasteiger partial charge in [0.05, 0.1) is 19.8 Å². The molecule has 3 unspecified atom stereocenters. The van der Waals surface area contributed by atoms with Crippen molar-refractivity contribution >= 4 is 25.7 Å². The lowest BCUT2D eigenvalue weighted by Crippen LogP contribution is -2.30. The third kappa shape index (κ3) is 55.7. The molecule has 0 aromatic rings. The van der Waals surface area contributed by atoms with E-state index >= 15 is 0 Å². The van der Waals surface area contributed by atoms with Gasteiger partial charge in [-0.25, -0.2) is 4.57 Å². The minimum Gasteiger partial charge on any atom is -0.462 e. The molecule has 3 atom stereocenters. The van der Waals surface area contributed by atoms with Gasteiger partial charge in [0.25, 0.3) is 0 Å². The van der Waals surface area contributed by atoms with Crippen molar-refractivity contribution in [2.24, 2.45) is 0 Å². The molecular formula is C64H113O11P. The van der Waals surface area contributed by atoms with Crippen LogP contribution in [0.3, 0.4) is 0 Å². The maximum Gasteiger partial charge on any atom is 0.472 e. The fraction of sp³-hybridized carbons (Fsp3) is 0.766. The Bertz CT molecular complexity index is 1550. The first-order chi connectivity index (χ1) is 37.2. The van der Waals surface area contributed by atoms with E-state index in [2.05, 4.69) is 93.7 Å². The van der Waals surface area contributed by atoms with Gasteiger partial charge in [0.15, 0.2) is 6.10 Å². The number of rotatable bonds is 57. The van der Waals surface area contributed by atoms with Crippen molar-refractivity contribution < 1.29 is 52.2 Å². The fourth-order valence-electron chi connectivity index (χ4n) is 8.44. The first-order valence-corrected chi connectivity index (χ1v) is 32.3. The van der Waals surface area contributed by atoms with Gasteiger partial charge < -0.3 is 24.2 Å². The summed E-state index contributed by atoms with van der Waals surface area (Å²) < 4.78 is 39.6. The summed E-state index contributed by atoms with van der Waals surface area (Å²) in [5, 5.41) is 9.84. The third-order valence-corrected chi connectivity index (χ3v) is 14.1. The summed E-state index contributed by atoms with van der Waals surface area (Å²) in [6.45, 7) is 4.50. The molecule has 0 radical (unpaired) electrons. The second-order valence-corrected chi connectivity index (χ2v) is 21.9. The lowest BCUT2D eigenvalue weighted by atomic mass is 10.0. The zero-order valence-corrected chi connectivity index (χ0v) is 49.6. The summed E-state index contributed by atoms with van der Waals surface area (Å²) in [7, 11) is -4.76. The molecule has 11 nitrogen and oxygen atoms in total. The molecule has 2 N–H and O–H groups in total. The van der Waals surface area contributed by atoms with Crippen molar-refractivity contribution in [1.82, 2.24) is 0 Å². The van der Waals surface area contributed by atoms with Gasteiger partial charge in [-0.3, -0.25) is 23.4 Å². The first-order valence-electron chi connectivity index (χ1n) is 30.8. The molecule has 0 aliphatic rings. The molecule has 440 valence electrons. The van der Waals surface area contributed by atoms with Crippen LogP contribution in [0.5, 0.6) is 0 Å². The van der Waals surface area contributed by atoms with E-state index < -0.39 is 57.8 Å². The Labute approximate surface area is 465 Å². The van der Waals surface area contributed by atoms with Crippen molar-refractivity contribution in [2.75, 3.05) is 26.4 Å². The number of ether oxygens (including phenoxy) is 3. The molecule has 0 aliphatic heterocycles. The van der Waals surface area contributed by atoms with E-state index in [1.54, 1.807) is 0 Å². The standard InChI is InChI=1S/C64H113O11P/c1-4-7-10-13-16-19-22-25-27-29-30-32-34-37-40-43-46-49-52-55-64(68)75-61(57-71-62(66)53-50-47-44-41-38-35-24-21-18-15-12-9-6-3)59-73-76(69,70)72-58-60(56-65)74-63(67)54-51-48-45-42-39-36-33-31-28-26-23-20-17-14-11-8-5-2/h7,10,16,19,21,24-25,27,30,32,37,40,60-61,65H,4-6,8-9,11-15,17-18,20,22-23,26,28-29,31,33-36,38-39,41-59H2,1-3H3,(H,69,70)/b10-7-,19-16-,24-21-,27-25-,32-30-,40-37-. The van der Waals surface area contributed by atoms with Gasteiger partial charge in [0, 0.05) is 19.3 Å². The molecule has 76 heavy (non-hydrogen) atoms. The molecule has 0 aromatic carbocycles. The Morgan fingerprint density at radius 1 is 0.382 bits per heavy atom. The highest BCUT2D eigenvalue weighted by Gasteiger charge is 2.28. The zero-order chi connectivity index (χ0) is 55.5. The number of aliphatic hydroxyl groups excluding tert-OH is 1. The molecule has 0 aliphatic carbocycles. The van der Waals surface area contributed by atoms with Crippen molar-refractivity contribution in [2.45, 2.75) is 290 Å². The maximum absolute atomic E-state index is 12.9. The second kappa shape index (κ2) is 58.1. The topological polar surface area (TPSA) is 155 Å². The molecule has 0 aromatic heterocycles. The Morgan fingerprint density at radius 3 is 1.09 bits per heavy atom. The summed E-state index contributed by atoms with van der Waals surface area (Å²) >= 11 is 0. The van der Waals surface area contributed by atoms with Crippen LogP contribution < -0.4 is 0 Å². The van der Waals surface area contributed by atoms with Crippen LogP contribution in [0.4, 0.5) is 0 Å². The van der Waals surface area contributed by atoms with Crippen LogP contribution in [0.15, 0.2) is 72.9 Å². The number of phosphoric acid groups is 1. The SMILES string of the molecule is CC/C=C\C/C=C\C/C=C\C/C=C\C/C=C\CCCCCC(=O)OC(COC(=O)CCCCCCC/C=C\CCCCCC)COP(=O)(O)OCC(CO)OC(=O)CCCCCCCCCCCCCCCCCCC. The largest absolute Gasteiger partial charge is 0.472 e. The Kier molecular flexibility index (Phi) is 55.7. The van der Waals surface area contributed by atoms with E-state index in [1.165, 1.54) is 109 Å². The number of carbonyl (C=O) groups excluding carboxylic acids is 3. The predicted octanol–water partition coefficient (Wildman–Crippen LogP) is 18.5. The molecule has 0 saturated carbocycles. The van der Waals surface area contributed by atoms with Crippen molar-refractivity contribution in [3.05, 3.63) is 72.9 Å².